The molecule has 3 aromatic heterocycles. The summed E-state index contributed by atoms with van der Waals surface area (Å²) in [5.74, 6) is 1.92. The molecule has 0 fully saturated rings. The molecule has 0 radical (unpaired) electrons. The molecule has 0 aliphatic rings. The van der Waals surface area contributed by atoms with Gasteiger partial charge in [0.25, 0.3) is 0 Å². The number of aromatic nitrogens is 3. The first-order chi connectivity index (χ1) is 20.5. The molecule has 6 rings (SSSR count). The van der Waals surface area contributed by atoms with Gasteiger partial charge in [0, 0.05) is 17.5 Å². The summed E-state index contributed by atoms with van der Waals surface area (Å²) < 4.78 is 23.8. The Morgan fingerprint density at radius 2 is 1.52 bits per heavy atom. The van der Waals surface area contributed by atoms with Crippen molar-refractivity contribution >= 4 is 0 Å². The zero-order valence-electron chi connectivity index (χ0n) is 23.0. The highest BCUT2D eigenvalue weighted by Crippen LogP contribution is 2.24. The molecular weight excluding hydrogens is 534 g/mol. The summed E-state index contributed by atoms with van der Waals surface area (Å²) in [6.07, 6.45) is 3.31. The zero-order chi connectivity index (χ0) is 28.9. The second-order valence-electron chi connectivity index (χ2n) is 9.89. The minimum Gasteiger partial charge on any atom is -0.492 e. The summed E-state index contributed by atoms with van der Waals surface area (Å²) in [5, 5.41) is 10.6. The van der Waals surface area contributed by atoms with Crippen molar-refractivity contribution in [2.24, 2.45) is 0 Å². The average molecular weight is 564 g/mol. The summed E-state index contributed by atoms with van der Waals surface area (Å²) >= 11 is 0. The van der Waals surface area contributed by atoms with Gasteiger partial charge in [0.2, 0.25) is 17.7 Å². The molecule has 0 aliphatic heterocycles. The van der Waals surface area contributed by atoms with Crippen molar-refractivity contribution in [2.45, 2.75) is 39.3 Å². The number of nitrogens with zero attached hydrogens (tertiary/aromatic N) is 3. The molecule has 0 atom stereocenters. The van der Waals surface area contributed by atoms with Crippen molar-refractivity contribution in [2.75, 3.05) is 0 Å². The number of aryl methyl sites for hydroxylation is 3. The van der Waals surface area contributed by atoms with Crippen LogP contribution in [0.15, 0.2) is 109 Å². The van der Waals surface area contributed by atoms with Crippen LogP contribution in [0.3, 0.4) is 0 Å². The number of hydrogen-bond acceptors (Lipinski definition) is 8. The van der Waals surface area contributed by atoms with E-state index in [1.807, 2.05) is 91.9 Å². The van der Waals surface area contributed by atoms with Gasteiger partial charge in [-0.2, -0.15) is 0 Å². The highest BCUT2D eigenvalue weighted by Gasteiger charge is 2.18. The Bertz CT molecular complexity index is 1820. The van der Waals surface area contributed by atoms with Gasteiger partial charge in [-0.25, -0.2) is 19.3 Å². The SMILES string of the molecule is Cc1oc(-c2ccccc2)nc1COc1ccc(CCCc2oc(=O)n(Cc3coc(-c4ccccc4)n3)c2O)cc1. The Hall–Kier alpha value is -5.31. The molecule has 6 aromatic rings. The maximum Gasteiger partial charge on any atom is 0.422 e. The maximum absolute atomic E-state index is 12.4. The third-order valence-corrected chi connectivity index (χ3v) is 6.91. The van der Waals surface area contributed by atoms with E-state index in [1.54, 1.807) is 0 Å². The highest BCUT2D eigenvalue weighted by molar-refractivity contribution is 5.53. The van der Waals surface area contributed by atoms with Gasteiger partial charge in [-0.05, 0) is 61.7 Å². The third kappa shape index (κ3) is 6.05. The lowest BCUT2D eigenvalue weighted by molar-refractivity contribution is 0.299. The number of oxazole rings is 3. The van der Waals surface area contributed by atoms with Gasteiger partial charge in [0.15, 0.2) is 5.76 Å². The van der Waals surface area contributed by atoms with Crippen molar-refractivity contribution in [3.63, 3.8) is 0 Å². The molecule has 0 saturated carbocycles. The second kappa shape index (κ2) is 12.1. The molecule has 9 heteroatoms. The molecule has 0 unspecified atom stereocenters. The van der Waals surface area contributed by atoms with Crippen LogP contribution in [0, 0.1) is 6.92 Å². The molecule has 1 N–H and O–H groups in total. The van der Waals surface area contributed by atoms with Crippen molar-refractivity contribution in [1.29, 1.82) is 0 Å². The lowest BCUT2D eigenvalue weighted by Crippen LogP contribution is -2.14. The highest BCUT2D eigenvalue weighted by atomic mass is 16.5. The standard InChI is InChI=1S/C33H29N3O6/c1-22-28(35-31(41-22)25-12-6-3-7-13-25)21-39-27-17-15-23(16-18-27)9-8-14-29-32(37)36(33(38)42-29)19-26-20-40-30(34-26)24-10-4-2-5-11-24/h2-7,10-13,15-18,20,37H,8-9,14,19,21H2,1H3. The van der Waals surface area contributed by atoms with E-state index in [0.717, 1.165) is 44.9 Å². The molecule has 42 heavy (non-hydrogen) atoms. The Labute approximate surface area is 241 Å². The van der Waals surface area contributed by atoms with Gasteiger partial charge in [0.1, 0.15) is 30.1 Å². The summed E-state index contributed by atoms with van der Waals surface area (Å²) in [5.41, 5.74) is 4.12. The van der Waals surface area contributed by atoms with Crippen LogP contribution in [-0.2, 0) is 26.0 Å². The van der Waals surface area contributed by atoms with Crippen molar-refractivity contribution < 1.29 is 23.1 Å². The number of benzene rings is 3. The molecule has 0 aliphatic carbocycles. The Balaban J connectivity index is 1.01. The number of hydrogen-bond donors (Lipinski definition) is 1. The molecule has 9 nitrogen and oxygen atoms in total. The first-order valence-corrected chi connectivity index (χ1v) is 13.7. The van der Waals surface area contributed by atoms with E-state index < -0.39 is 5.76 Å². The van der Waals surface area contributed by atoms with Crippen molar-refractivity contribution in [3.8, 4) is 34.5 Å². The van der Waals surface area contributed by atoms with Gasteiger partial charge in [-0.15, -0.1) is 0 Å². The van der Waals surface area contributed by atoms with E-state index in [9.17, 15) is 9.90 Å². The largest absolute Gasteiger partial charge is 0.492 e. The van der Waals surface area contributed by atoms with Crippen LogP contribution in [-0.4, -0.2) is 19.6 Å². The molecule has 3 aromatic carbocycles. The fraction of sp³-hybridized carbons (Fsp3) is 0.182. The van der Waals surface area contributed by atoms with Crippen LogP contribution in [0.2, 0.25) is 0 Å². The molecule has 0 saturated heterocycles. The van der Waals surface area contributed by atoms with Gasteiger partial charge >= 0.3 is 5.76 Å². The van der Waals surface area contributed by atoms with Gasteiger partial charge in [-0.1, -0.05) is 48.5 Å². The Morgan fingerprint density at radius 1 is 0.833 bits per heavy atom. The van der Waals surface area contributed by atoms with E-state index in [1.165, 1.54) is 6.26 Å². The van der Waals surface area contributed by atoms with E-state index in [4.69, 9.17) is 18.0 Å². The van der Waals surface area contributed by atoms with Crippen LogP contribution >= 0.6 is 0 Å². The minimum absolute atomic E-state index is 0.0490. The molecule has 3 heterocycles. The zero-order valence-corrected chi connectivity index (χ0v) is 23.0. The van der Waals surface area contributed by atoms with Crippen molar-refractivity contribution in [3.05, 3.63) is 130 Å². The smallest absolute Gasteiger partial charge is 0.422 e. The molecule has 0 amide bonds. The summed E-state index contributed by atoms with van der Waals surface area (Å²) in [4.78, 5) is 21.4. The van der Waals surface area contributed by atoms with E-state index in [0.29, 0.717) is 36.9 Å². The predicted octanol–water partition coefficient (Wildman–Crippen LogP) is 6.57. The van der Waals surface area contributed by atoms with Crippen LogP contribution < -0.4 is 10.5 Å². The number of aromatic hydroxyl groups is 1. The first-order valence-electron chi connectivity index (χ1n) is 13.7. The van der Waals surface area contributed by atoms with E-state index >= 15 is 0 Å². The van der Waals surface area contributed by atoms with Crippen LogP contribution in [0.1, 0.15) is 34.9 Å². The average Bonchev–Trinajstić information content (AvgIpc) is 3.72. The van der Waals surface area contributed by atoms with Crippen molar-refractivity contribution in [1.82, 2.24) is 14.5 Å². The molecular formula is C33H29N3O6. The topological polar surface area (TPSA) is 117 Å². The fourth-order valence-electron chi connectivity index (χ4n) is 4.62. The third-order valence-electron chi connectivity index (χ3n) is 6.91. The second-order valence-corrected chi connectivity index (χ2v) is 9.89. The number of rotatable bonds is 11. The van der Waals surface area contributed by atoms with Gasteiger partial charge in [0.05, 0.1) is 12.2 Å². The normalized spacial score (nSPS) is 11.2. The van der Waals surface area contributed by atoms with E-state index in [2.05, 4.69) is 9.97 Å². The maximum atomic E-state index is 12.4. The summed E-state index contributed by atoms with van der Waals surface area (Å²) in [7, 11) is 0. The molecule has 0 bridgehead atoms. The summed E-state index contributed by atoms with van der Waals surface area (Å²) in [6, 6.07) is 27.1. The van der Waals surface area contributed by atoms with Gasteiger partial charge < -0.3 is 23.1 Å². The molecule has 0 spiro atoms. The van der Waals surface area contributed by atoms with Gasteiger partial charge in [-0.3, -0.25) is 0 Å². The lowest BCUT2D eigenvalue weighted by atomic mass is 10.1. The fourth-order valence-corrected chi connectivity index (χ4v) is 4.62. The summed E-state index contributed by atoms with van der Waals surface area (Å²) in [6.45, 7) is 2.23. The predicted molar refractivity (Wildman–Crippen MR) is 155 cm³/mol. The monoisotopic (exact) mass is 563 g/mol. The minimum atomic E-state index is -0.633. The van der Waals surface area contributed by atoms with Crippen LogP contribution in [0.4, 0.5) is 0 Å². The first kappa shape index (κ1) is 26.9. The number of ether oxygens (including phenoxy) is 1. The Kier molecular flexibility index (Phi) is 7.72. The van der Waals surface area contributed by atoms with Crippen LogP contribution in [0.5, 0.6) is 11.6 Å². The quantitative estimate of drug-likeness (QED) is 0.188. The van der Waals surface area contributed by atoms with Crippen LogP contribution in [0.25, 0.3) is 22.9 Å². The molecule has 212 valence electrons. The van der Waals surface area contributed by atoms with E-state index in [-0.39, 0.29) is 18.2 Å². The lowest BCUT2D eigenvalue weighted by Gasteiger charge is -2.06. The Morgan fingerprint density at radius 3 is 2.24 bits per heavy atom.